The lowest BCUT2D eigenvalue weighted by molar-refractivity contribution is -0.124. The van der Waals surface area contributed by atoms with E-state index >= 15 is 0 Å². The summed E-state index contributed by atoms with van der Waals surface area (Å²) in [7, 11) is 0. The van der Waals surface area contributed by atoms with E-state index in [4.69, 9.17) is 0 Å². The van der Waals surface area contributed by atoms with E-state index in [1.165, 1.54) is 31.2 Å². The first-order chi connectivity index (χ1) is 8.29. The molecule has 0 radical (unpaired) electrons. The molecule has 1 heteroatoms. The molecule has 0 heterocycles. The van der Waals surface area contributed by atoms with E-state index < -0.39 is 0 Å². The van der Waals surface area contributed by atoms with E-state index in [0.717, 1.165) is 12.8 Å². The second-order valence-corrected chi connectivity index (χ2v) is 5.22. The number of ketones is 1. The molecule has 1 aliphatic carbocycles. The summed E-state index contributed by atoms with van der Waals surface area (Å²) in [6.07, 6.45) is 7.30. The smallest absolute Gasteiger partial charge is 0.143 e. The Morgan fingerprint density at radius 3 is 2.24 bits per heavy atom. The molecule has 1 fully saturated rings. The van der Waals surface area contributed by atoms with Gasteiger partial charge in [-0.1, -0.05) is 62.9 Å². The second kappa shape index (κ2) is 6.00. The highest BCUT2D eigenvalue weighted by Crippen LogP contribution is 2.29. The van der Waals surface area contributed by atoms with Crippen molar-refractivity contribution < 1.29 is 4.79 Å². The number of benzene rings is 1. The molecule has 0 aliphatic heterocycles. The lowest BCUT2D eigenvalue weighted by Crippen LogP contribution is -2.20. The summed E-state index contributed by atoms with van der Waals surface area (Å²) >= 11 is 0. The van der Waals surface area contributed by atoms with Gasteiger partial charge in [0.25, 0.3) is 0 Å². The van der Waals surface area contributed by atoms with E-state index in [1.807, 2.05) is 18.2 Å². The molecule has 0 N–H and O–H groups in total. The Morgan fingerprint density at radius 1 is 1.06 bits per heavy atom. The molecule has 0 aromatic heterocycles. The van der Waals surface area contributed by atoms with Crippen LogP contribution in [0.1, 0.15) is 56.9 Å². The SMILES string of the molecule is C[C@H](C(=O)C1CCCCCC1)c1ccccc1. The Labute approximate surface area is 104 Å². The minimum atomic E-state index is 0.0688. The summed E-state index contributed by atoms with van der Waals surface area (Å²) in [5.41, 5.74) is 1.17. The number of rotatable bonds is 3. The first-order valence-corrected chi connectivity index (χ1v) is 6.87. The molecule has 0 unspecified atom stereocenters. The molecule has 0 spiro atoms. The zero-order valence-corrected chi connectivity index (χ0v) is 10.7. The van der Waals surface area contributed by atoms with E-state index in [2.05, 4.69) is 19.1 Å². The summed E-state index contributed by atoms with van der Waals surface area (Å²) in [5.74, 6) is 0.838. The van der Waals surface area contributed by atoms with Crippen molar-refractivity contribution in [2.24, 2.45) is 5.92 Å². The molecule has 0 amide bonds. The predicted molar refractivity (Wildman–Crippen MR) is 71.1 cm³/mol. The highest BCUT2D eigenvalue weighted by molar-refractivity contribution is 5.87. The van der Waals surface area contributed by atoms with Crippen molar-refractivity contribution in [3.8, 4) is 0 Å². The molecule has 0 bridgehead atoms. The average Bonchev–Trinajstić information content (AvgIpc) is 2.67. The quantitative estimate of drug-likeness (QED) is 0.706. The van der Waals surface area contributed by atoms with Crippen LogP contribution >= 0.6 is 0 Å². The van der Waals surface area contributed by atoms with Gasteiger partial charge < -0.3 is 0 Å². The van der Waals surface area contributed by atoms with Gasteiger partial charge in [-0.3, -0.25) is 4.79 Å². The third-order valence-electron chi connectivity index (χ3n) is 3.98. The number of Topliss-reactive ketones (excluding diaryl/α,β-unsaturated/α-hetero) is 1. The van der Waals surface area contributed by atoms with Gasteiger partial charge in [-0.25, -0.2) is 0 Å². The zero-order chi connectivity index (χ0) is 12.1. The van der Waals surface area contributed by atoms with Crippen LogP contribution < -0.4 is 0 Å². The number of carbonyl (C=O) groups is 1. The van der Waals surface area contributed by atoms with Crippen molar-refractivity contribution in [2.45, 2.75) is 51.4 Å². The van der Waals surface area contributed by atoms with Crippen LogP contribution in [-0.2, 0) is 4.79 Å². The third-order valence-corrected chi connectivity index (χ3v) is 3.98. The largest absolute Gasteiger partial charge is 0.299 e. The lowest BCUT2D eigenvalue weighted by Gasteiger charge is -2.18. The van der Waals surface area contributed by atoms with Gasteiger partial charge in [0.15, 0.2) is 0 Å². The van der Waals surface area contributed by atoms with Crippen molar-refractivity contribution in [2.75, 3.05) is 0 Å². The molecule has 1 nitrogen and oxygen atoms in total. The van der Waals surface area contributed by atoms with Crippen LogP contribution in [0.3, 0.4) is 0 Å². The van der Waals surface area contributed by atoms with Crippen molar-refractivity contribution >= 4 is 5.78 Å². The van der Waals surface area contributed by atoms with Gasteiger partial charge in [-0.05, 0) is 18.4 Å². The van der Waals surface area contributed by atoms with Gasteiger partial charge in [-0.2, -0.15) is 0 Å². The molecule has 17 heavy (non-hydrogen) atoms. The number of hydrogen-bond donors (Lipinski definition) is 0. The summed E-state index contributed by atoms with van der Waals surface area (Å²) in [6.45, 7) is 2.06. The molecular formula is C16H22O. The summed E-state index contributed by atoms with van der Waals surface area (Å²) in [6, 6.07) is 10.2. The van der Waals surface area contributed by atoms with Crippen LogP contribution in [0, 0.1) is 5.92 Å². The van der Waals surface area contributed by atoms with Crippen LogP contribution in [-0.4, -0.2) is 5.78 Å². The fourth-order valence-electron chi connectivity index (χ4n) is 2.82. The van der Waals surface area contributed by atoms with E-state index in [-0.39, 0.29) is 5.92 Å². The van der Waals surface area contributed by atoms with Crippen molar-refractivity contribution in [1.82, 2.24) is 0 Å². The molecule has 1 aromatic rings. The Balaban J connectivity index is 2.03. The van der Waals surface area contributed by atoms with Crippen LogP contribution in [0.25, 0.3) is 0 Å². The maximum Gasteiger partial charge on any atom is 0.143 e. The number of carbonyl (C=O) groups excluding carboxylic acids is 1. The summed E-state index contributed by atoms with van der Waals surface area (Å²) in [4.78, 5) is 12.5. The fraction of sp³-hybridized carbons (Fsp3) is 0.562. The first kappa shape index (κ1) is 12.3. The van der Waals surface area contributed by atoms with Gasteiger partial charge in [0.2, 0.25) is 0 Å². The minimum absolute atomic E-state index is 0.0688. The topological polar surface area (TPSA) is 17.1 Å². The third kappa shape index (κ3) is 3.18. The Kier molecular flexibility index (Phi) is 4.36. The molecule has 1 aliphatic rings. The summed E-state index contributed by atoms with van der Waals surface area (Å²) < 4.78 is 0. The van der Waals surface area contributed by atoms with Gasteiger partial charge in [0, 0.05) is 11.8 Å². The standard InChI is InChI=1S/C16H22O/c1-13(14-9-7-4-8-10-14)16(17)15-11-5-2-3-6-12-15/h4,7-10,13,15H,2-3,5-6,11-12H2,1H3/t13-/m0/s1. The zero-order valence-electron chi connectivity index (χ0n) is 10.7. The van der Waals surface area contributed by atoms with Crippen LogP contribution in [0.4, 0.5) is 0 Å². The van der Waals surface area contributed by atoms with Crippen molar-refractivity contribution in [1.29, 1.82) is 0 Å². The van der Waals surface area contributed by atoms with Crippen molar-refractivity contribution in [3.05, 3.63) is 35.9 Å². The monoisotopic (exact) mass is 230 g/mol. The van der Waals surface area contributed by atoms with Crippen LogP contribution in [0.5, 0.6) is 0 Å². The normalized spacial score (nSPS) is 19.6. The van der Waals surface area contributed by atoms with Crippen molar-refractivity contribution in [3.63, 3.8) is 0 Å². The highest BCUT2D eigenvalue weighted by atomic mass is 16.1. The summed E-state index contributed by atoms with van der Waals surface area (Å²) in [5, 5.41) is 0. The molecular weight excluding hydrogens is 208 g/mol. The predicted octanol–water partition coefficient (Wildman–Crippen LogP) is 4.33. The van der Waals surface area contributed by atoms with Gasteiger partial charge >= 0.3 is 0 Å². The van der Waals surface area contributed by atoms with Gasteiger partial charge in [0.05, 0.1) is 0 Å². The Morgan fingerprint density at radius 2 is 1.65 bits per heavy atom. The van der Waals surface area contributed by atoms with E-state index in [9.17, 15) is 4.79 Å². The minimum Gasteiger partial charge on any atom is -0.299 e. The maximum atomic E-state index is 12.5. The number of hydrogen-bond acceptors (Lipinski definition) is 1. The molecule has 0 saturated heterocycles. The Hall–Kier alpha value is -1.11. The fourth-order valence-corrected chi connectivity index (χ4v) is 2.82. The molecule has 1 atom stereocenters. The van der Waals surface area contributed by atoms with Gasteiger partial charge in [0.1, 0.15) is 5.78 Å². The van der Waals surface area contributed by atoms with E-state index in [1.54, 1.807) is 0 Å². The maximum absolute atomic E-state index is 12.5. The van der Waals surface area contributed by atoms with Gasteiger partial charge in [-0.15, -0.1) is 0 Å². The molecule has 1 saturated carbocycles. The average molecular weight is 230 g/mol. The molecule has 1 aromatic carbocycles. The highest BCUT2D eigenvalue weighted by Gasteiger charge is 2.25. The lowest BCUT2D eigenvalue weighted by atomic mass is 9.85. The Bertz CT molecular complexity index is 347. The van der Waals surface area contributed by atoms with Crippen LogP contribution in [0.15, 0.2) is 30.3 Å². The first-order valence-electron chi connectivity index (χ1n) is 6.87. The second-order valence-electron chi connectivity index (χ2n) is 5.22. The molecule has 2 rings (SSSR count). The van der Waals surface area contributed by atoms with E-state index in [0.29, 0.717) is 11.7 Å². The molecule has 92 valence electrons. The van der Waals surface area contributed by atoms with Crippen LogP contribution in [0.2, 0.25) is 0 Å².